The smallest absolute Gasteiger partial charge is 0.264 e. The molecule has 0 unspecified atom stereocenters. The van der Waals surface area contributed by atoms with E-state index in [1.165, 1.54) is 36.4 Å². The zero-order valence-corrected chi connectivity index (χ0v) is 13.7. The van der Waals surface area contributed by atoms with Crippen LogP contribution >= 0.6 is 0 Å². The van der Waals surface area contributed by atoms with Crippen molar-refractivity contribution in [2.75, 3.05) is 0 Å². The second-order valence-electron chi connectivity index (χ2n) is 5.09. The highest BCUT2D eigenvalue weighted by Crippen LogP contribution is 2.11. The summed E-state index contributed by atoms with van der Waals surface area (Å²) in [5.41, 5.74) is 0.527. The van der Waals surface area contributed by atoms with E-state index in [0.29, 0.717) is 0 Å². The van der Waals surface area contributed by atoms with Gasteiger partial charge in [-0.1, -0.05) is 0 Å². The zero-order chi connectivity index (χ0) is 18.4. The van der Waals surface area contributed by atoms with Crippen molar-refractivity contribution in [2.24, 2.45) is 0 Å². The van der Waals surface area contributed by atoms with Gasteiger partial charge in [-0.3, -0.25) is 9.59 Å². The van der Waals surface area contributed by atoms with Crippen molar-refractivity contribution in [3.8, 4) is 6.07 Å². The predicted octanol–water partition coefficient (Wildman–Crippen LogP) is 2.17. The largest absolute Gasteiger partial charge is 0.294 e. The Morgan fingerprint density at radius 1 is 1.00 bits per heavy atom. The molecular formula is C17H13FN2O4S. The maximum atomic E-state index is 12.8. The fraction of sp³-hybridized carbons (Fsp3) is 0.118. The highest BCUT2D eigenvalue weighted by atomic mass is 32.2. The number of nitriles is 1. The second kappa shape index (κ2) is 7.68. The van der Waals surface area contributed by atoms with Gasteiger partial charge in [0.15, 0.2) is 5.78 Å². The number of sulfonamides is 1. The minimum atomic E-state index is -4.07. The van der Waals surface area contributed by atoms with Crippen LogP contribution in [0, 0.1) is 17.1 Å². The number of ketones is 1. The van der Waals surface area contributed by atoms with Crippen LogP contribution in [0.25, 0.3) is 0 Å². The van der Waals surface area contributed by atoms with Crippen molar-refractivity contribution in [3.05, 3.63) is 65.5 Å². The number of hydrogen-bond donors (Lipinski definition) is 1. The normalized spacial score (nSPS) is 10.7. The standard InChI is InChI=1S/C17H13FN2O4S/c18-14-5-3-13(4-6-14)16(21)9-10-17(22)20-25(23,24)15-7-1-12(11-19)2-8-15/h1-8H,9-10H2,(H,20,22). The zero-order valence-electron chi connectivity index (χ0n) is 12.9. The van der Waals surface area contributed by atoms with E-state index >= 15 is 0 Å². The van der Waals surface area contributed by atoms with Crippen molar-refractivity contribution in [1.82, 2.24) is 4.72 Å². The fourth-order valence-electron chi connectivity index (χ4n) is 1.98. The van der Waals surface area contributed by atoms with Gasteiger partial charge >= 0.3 is 0 Å². The van der Waals surface area contributed by atoms with Gasteiger partial charge in [0.05, 0.1) is 16.5 Å². The molecule has 0 heterocycles. The number of nitrogens with one attached hydrogen (secondary N) is 1. The highest BCUT2D eigenvalue weighted by Gasteiger charge is 2.18. The molecular weight excluding hydrogens is 347 g/mol. The molecule has 0 aliphatic heterocycles. The Labute approximate surface area is 144 Å². The van der Waals surface area contributed by atoms with Crippen molar-refractivity contribution in [1.29, 1.82) is 5.26 Å². The van der Waals surface area contributed by atoms with Crippen LogP contribution in [0.1, 0.15) is 28.8 Å². The monoisotopic (exact) mass is 360 g/mol. The van der Waals surface area contributed by atoms with Crippen LogP contribution in [0.5, 0.6) is 0 Å². The third-order valence-corrected chi connectivity index (χ3v) is 4.68. The third-order valence-electron chi connectivity index (χ3n) is 3.29. The molecule has 0 spiro atoms. The number of halogens is 1. The van der Waals surface area contributed by atoms with Gasteiger partial charge < -0.3 is 0 Å². The van der Waals surface area contributed by atoms with Gasteiger partial charge in [0.25, 0.3) is 10.0 Å². The van der Waals surface area contributed by atoms with Gasteiger partial charge in [-0.05, 0) is 48.5 Å². The molecule has 0 radical (unpaired) electrons. The van der Waals surface area contributed by atoms with E-state index in [2.05, 4.69) is 0 Å². The Kier molecular flexibility index (Phi) is 5.62. The summed E-state index contributed by atoms with van der Waals surface area (Å²) in [5, 5.41) is 8.69. The van der Waals surface area contributed by atoms with E-state index < -0.39 is 27.5 Å². The van der Waals surface area contributed by atoms with Gasteiger partial charge in [-0.15, -0.1) is 0 Å². The second-order valence-corrected chi connectivity index (χ2v) is 6.78. The Bertz CT molecular complexity index is 930. The van der Waals surface area contributed by atoms with Crippen molar-refractivity contribution in [2.45, 2.75) is 17.7 Å². The first-order chi connectivity index (χ1) is 11.8. The molecule has 128 valence electrons. The van der Waals surface area contributed by atoms with E-state index in [1.807, 2.05) is 10.8 Å². The summed E-state index contributed by atoms with van der Waals surface area (Å²) in [4.78, 5) is 23.5. The lowest BCUT2D eigenvalue weighted by molar-refractivity contribution is -0.119. The summed E-state index contributed by atoms with van der Waals surface area (Å²) in [5.74, 6) is -1.71. The quantitative estimate of drug-likeness (QED) is 0.795. The van der Waals surface area contributed by atoms with E-state index in [1.54, 1.807) is 0 Å². The van der Waals surface area contributed by atoms with Crippen LogP contribution in [0.15, 0.2) is 53.4 Å². The first-order valence-electron chi connectivity index (χ1n) is 7.16. The van der Waals surface area contributed by atoms with Gasteiger partial charge in [0, 0.05) is 18.4 Å². The Morgan fingerprint density at radius 3 is 2.16 bits per heavy atom. The molecule has 0 aliphatic carbocycles. The third kappa shape index (κ3) is 4.96. The van der Waals surface area contributed by atoms with Gasteiger partial charge in [0.1, 0.15) is 5.82 Å². The number of carbonyl (C=O) groups is 2. The van der Waals surface area contributed by atoms with E-state index in [4.69, 9.17) is 5.26 Å². The molecule has 2 aromatic rings. The Hall–Kier alpha value is -3.05. The molecule has 2 rings (SSSR count). The van der Waals surface area contributed by atoms with E-state index in [0.717, 1.165) is 12.1 Å². The molecule has 0 bridgehead atoms. The summed E-state index contributed by atoms with van der Waals surface area (Å²) in [6.45, 7) is 0. The molecule has 25 heavy (non-hydrogen) atoms. The number of carbonyl (C=O) groups excluding carboxylic acids is 2. The Balaban J connectivity index is 1.95. The maximum Gasteiger partial charge on any atom is 0.264 e. The first kappa shape index (κ1) is 18.3. The number of Topliss-reactive ketones (excluding diaryl/α,β-unsaturated/α-hetero) is 1. The number of benzene rings is 2. The summed E-state index contributed by atoms with van der Waals surface area (Å²) in [7, 11) is -4.07. The van der Waals surface area contributed by atoms with Crippen LogP contribution in [0.4, 0.5) is 4.39 Å². The molecule has 0 aliphatic rings. The first-order valence-corrected chi connectivity index (χ1v) is 8.65. The van der Waals surface area contributed by atoms with E-state index in [-0.39, 0.29) is 28.9 Å². The van der Waals surface area contributed by atoms with Crippen molar-refractivity contribution >= 4 is 21.7 Å². The lowest BCUT2D eigenvalue weighted by Crippen LogP contribution is -2.30. The lowest BCUT2D eigenvalue weighted by atomic mass is 10.1. The molecule has 2 aromatic carbocycles. The highest BCUT2D eigenvalue weighted by molar-refractivity contribution is 7.90. The minimum absolute atomic E-state index is 0.162. The minimum Gasteiger partial charge on any atom is -0.294 e. The molecule has 0 aromatic heterocycles. The summed E-state index contributed by atoms with van der Waals surface area (Å²) in [6, 6.07) is 11.7. The molecule has 6 nitrogen and oxygen atoms in total. The number of rotatable bonds is 6. The van der Waals surface area contributed by atoms with Crippen molar-refractivity contribution < 1.29 is 22.4 Å². The number of nitrogens with zero attached hydrogens (tertiary/aromatic N) is 1. The van der Waals surface area contributed by atoms with Crippen molar-refractivity contribution in [3.63, 3.8) is 0 Å². The molecule has 1 N–H and O–H groups in total. The van der Waals surface area contributed by atoms with Crippen LogP contribution in [-0.2, 0) is 14.8 Å². The van der Waals surface area contributed by atoms with Gasteiger partial charge in [-0.2, -0.15) is 5.26 Å². The van der Waals surface area contributed by atoms with Gasteiger partial charge in [-0.25, -0.2) is 17.5 Å². The number of amides is 1. The average molecular weight is 360 g/mol. The SMILES string of the molecule is N#Cc1ccc(S(=O)(=O)NC(=O)CCC(=O)c2ccc(F)cc2)cc1. The molecule has 0 fully saturated rings. The van der Waals surface area contributed by atoms with Gasteiger partial charge in [0.2, 0.25) is 5.91 Å². The number of hydrogen-bond acceptors (Lipinski definition) is 5. The summed E-state index contributed by atoms with van der Waals surface area (Å²) in [6.07, 6.45) is -0.536. The molecule has 0 saturated heterocycles. The van der Waals surface area contributed by atoms with Crippen LogP contribution in [0.3, 0.4) is 0 Å². The van der Waals surface area contributed by atoms with Crippen LogP contribution < -0.4 is 4.72 Å². The lowest BCUT2D eigenvalue weighted by Gasteiger charge is -2.07. The van der Waals surface area contributed by atoms with E-state index in [9.17, 15) is 22.4 Å². The molecule has 1 amide bonds. The van der Waals surface area contributed by atoms with Crippen LogP contribution in [0.2, 0.25) is 0 Å². The Morgan fingerprint density at radius 2 is 1.60 bits per heavy atom. The average Bonchev–Trinajstić information content (AvgIpc) is 2.60. The fourth-order valence-corrected chi connectivity index (χ4v) is 2.99. The molecule has 8 heteroatoms. The van der Waals surface area contributed by atoms with Crippen LogP contribution in [-0.4, -0.2) is 20.1 Å². The summed E-state index contributed by atoms with van der Waals surface area (Å²) < 4.78 is 38.8. The summed E-state index contributed by atoms with van der Waals surface area (Å²) >= 11 is 0. The molecule has 0 atom stereocenters. The topological polar surface area (TPSA) is 104 Å². The maximum absolute atomic E-state index is 12.8. The molecule has 0 saturated carbocycles. The predicted molar refractivity (Wildman–Crippen MR) is 86.5 cm³/mol.